The van der Waals surface area contributed by atoms with Gasteiger partial charge >= 0.3 is 0 Å². The normalized spacial score (nSPS) is 12.1. The first kappa shape index (κ1) is 16.1. The van der Waals surface area contributed by atoms with Gasteiger partial charge in [0.25, 0.3) is 0 Å². The lowest BCUT2D eigenvalue weighted by Crippen LogP contribution is -2.08. The molecule has 0 aliphatic heterocycles. The van der Waals surface area contributed by atoms with Crippen LogP contribution in [0.1, 0.15) is 19.4 Å². The zero-order chi connectivity index (χ0) is 17.3. The Bertz CT molecular complexity index is 933. The highest BCUT2D eigenvalue weighted by atomic mass is 32.1. The summed E-state index contributed by atoms with van der Waals surface area (Å²) < 4.78 is 0.658. The van der Waals surface area contributed by atoms with Crippen molar-refractivity contribution in [3.05, 3.63) is 41.0 Å². The molecule has 24 heavy (non-hydrogen) atoms. The minimum Gasteiger partial charge on any atom is -0.492 e. The van der Waals surface area contributed by atoms with Gasteiger partial charge in [-0.3, -0.25) is 9.99 Å². The van der Waals surface area contributed by atoms with Gasteiger partial charge in [0.2, 0.25) is 5.88 Å². The number of thiophene rings is 1. The molecule has 3 heterocycles. The fourth-order valence-corrected chi connectivity index (χ4v) is 3.27. The molecule has 0 spiro atoms. The molecule has 0 fully saturated rings. The summed E-state index contributed by atoms with van der Waals surface area (Å²) in [5, 5.41) is 17.9. The molecule has 3 rings (SSSR count). The van der Waals surface area contributed by atoms with Gasteiger partial charge in [0, 0.05) is 36.6 Å². The molecule has 0 saturated carbocycles. The third-order valence-electron chi connectivity index (χ3n) is 3.94. The third kappa shape index (κ3) is 2.74. The molecule has 0 saturated heterocycles. The van der Waals surface area contributed by atoms with E-state index in [2.05, 4.69) is 26.8 Å². The Balaban J connectivity index is 2.22. The first-order valence-corrected chi connectivity index (χ1v) is 8.18. The van der Waals surface area contributed by atoms with Gasteiger partial charge in [-0.05, 0) is 31.6 Å². The Labute approximate surface area is 143 Å². The van der Waals surface area contributed by atoms with Crippen LogP contribution in [0.15, 0.2) is 40.6 Å². The Morgan fingerprint density at radius 3 is 2.75 bits per heavy atom. The molecule has 1 N–H and O–H groups in total. The van der Waals surface area contributed by atoms with E-state index < -0.39 is 0 Å². The molecule has 7 heteroatoms. The van der Waals surface area contributed by atoms with E-state index >= 15 is 0 Å². The topological polar surface area (TPSA) is 74.5 Å². The maximum absolute atomic E-state index is 10.3. The summed E-state index contributed by atoms with van der Waals surface area (Å²) in [4.78, 5) is 13.1. The van der Waals surface area contributed by atoms with Crippen molar-refractivity contribution in [2.45, 2.75) is 13.8 Å². The quantitative estimate of drug-likeness (QED) is 0.579. The number of aromatic hydroxyl groups is 1. The Morgan fingerprint density at radius 1 is 1.29 bits per heavy atom. The van der Waals surface area contributed by atoms with Crippen LogP contribution in [0, 0.1) is 0 Å². The van der Waals surface area contributed by atoms with E-state index in [0.717, 1.165) is 16.8 Å². The summed E-state index contributed by atoms with van der Waals surface area (Å²) in [5.41, 5.74) is 4.25. The van der Waals surface area contributed by atoms with Crippen molar-refractivity contribution in [1.29, 1.82) is 0 Å². The van der Waals surface area contributed by atoms with Crippen LogP contribution in [0.25, 0.3) is 27.3 Å². The fourth-order valence-electron chi connectivity index (χ4n) is 2.32. The summed E-state index contributed by atoms with van der Waals surface area (Å²) >= 11 is 1.42. The predicted molar refractivity (Wildman–Crippen MR) is 97.9 cm³/mol. The Kier molecular flexibility index (Phi) is 4.26. The van der Waals surface area contributed by atoms with Crippen LogP contribution in [0.2, 0.25) is 0 Å². The van der Waals surface area contributed by atoms with Gasteiger partial charge in [-0.15, -0.1) is 11.3 Å². The molecular formula is C17H17N5OS. The lowest BCUT2D eigenvalue weighted by Gasteiger charge is -2.15. The fraction of sp³-hybridized carbons (Fsp3) is 0.176. The predicted octanol–water partition coefficient (Wildman–Crippen LogP) is 3.76. The first-order valence-electron chi connectivity index (χ1n) is 7.30. The molecule has 122 valence electrons. The zero-order valence-electron chi connectivity index (χ0n) is 13.7. The van der Waals surface area contributed by atoms with Gasteiger partial charge in [0.15, 0.2) is 5.82 Å². The largest absolute Gasteiger partial charge is 0.492 e. The number of allylic oxidation sites excluding steroid dienone is 2. The van der Waals surface area contributed by atoms with Crippen molar-refractivity contribution in [3.63, 3.8) is 0 Å². The van der Waals surface area contributed by atoms with Crippen LogP contribution in [0.5, 0.6) is 5.88 Å². The van der Waals surface area contributed by atoms with E-state index in [9.17, 15) is 5.11 Å². The number of nitrogens with zero attached hydrogens (tertiary/aromatic N) is 5. The van der Waals surface area contributed by atoms with Gasteiger partial charge in [0.05, 0.1) is 5.52 Å². The van der Waals surface area contributed by atoms with Gasteiger partial charge in [-0.25, -0.2) is 4.98 Å². The molecule has 3 aromatic rings. The highest BCUT2D eigenvalue weighted by molar-refractivity contribution is 7.17. The molecular weight excluding hydrogens is 322 g/mol. The van der Waals surface area contributed by atoms with Crippen molar-refractivity contribution in [1.82, 2.24) is 20.0 Å². The van der Waals surface area contributed by atoms with Crippen LogP contribution in [0.4, 0.5) is 0 Å². The van der Waals surface area contributed by atoms with E-state index in [1.165, 1.54) is 11.3 Å². The number of hydrogen-bond donors (Lipinski definition) is 1. The molecule has 0 atom stereocenters. The number of rotatable bonds is 4. The van der Waals surface area contributed by atoms with Crippen molar-refractivity contribution in [3.8, 4) is 17.4 Å². The summed E-state index contributed by atoms with van der Waals surface area (Å²) in [5.74, 6) is 0.374. The maximum Gasteiger partial charge on any atom is 0.233 e. The number of hydrazone groups is 1. The standard InChI is InChI=1S/C17H17N5OS/c1-10(11(2)22(4)18-3)12-9-24-15-14(12)20-16(21-17(15)23)13-7-5-6-8-19-13/h5-9H,3H2,1-2,4H3,(H,20,21,23)/b11-10+. The van der Waals surface area contributed by atoms with E-state index in [-0.39, 0.29) is 5.88 Å². The Morgan fingerprint density at radius 2 is 2.08 bits per heavy atom. The van der Waals surface area contributed by atoms with Gasteiger partial charge in [-0.1, -0.05) is 6.07 Å². The maximum atomic E-state index is 10.3. The summed E-state index contributed by atoms with van der Waals surface area (Å²) in [6, 6.07) is 5.50. The van der Waals surface area contributed by atoms with Gasteiger partial charge in [-0.2, -0.15) is 10.1 Å². The second-order valence-electron chi connectivity index (χ2n) is 5.29. The summed E-state index contributed by atoms with van der Waals surface area (Å²) in [6.45, 7) is 7.51. The van der Waals surface area contributed by atoms with Crippen molar-refractivity contribution >= 4 is 33.8 Å². The van der Waals surface area contributed by atoms with Gasteiger partial charge in [0.1, 0.15) is 10.4 Å². The third-order valence-corrected chi connectivity index (χ3v) is 4.90. The summed E-state index contributed by atoms with van der Waals surface area (Å²) in [7, 11) is 1.84. The molecule has 6 nitrogen and oxygen atoms in total. The van der Waals surface area contributed by atoms with E-state index in [4.69, 9.17) is 0 Å². The number of pyridine rings is 1. The summed E-state index contributed by atoms with van der Waals surface area (Å²) in [6.07, 6.45) is 1.68. The van der Waals surface area contributed by atoms with E-state index in [1.54, 1.807) is 11.2 Å². The molecule has 0 aliphatic rings. The molecule has 0 bridgehead atoms. The molecule has 0 unspecified atom stereocenters. The zero-order valence-corrected chi connectivity index (χ0v) is 14.5. The highest BCUT2D eigenvalue weighted by Gasteiger charge is 2.17. The minimum absolute atomic E-state index is 0.0300. The van der Waals surface area contributed by atoms with E-state index in [1.807, 2.05) is 44.5 Å². The number of fused-ring (bicyclic) bond motifs is 1. The van der Waals surface area contributed by atoms with Crippen LogP contribution in [-0.4, -0.2) is 38.8 Å². The van der Waals surface area contributed by atoms with Crippen LogP contribution < -0.4 is 0 Å². The molecule has 3 aromatic heterocycles. The first-order chi connectivity index (χ1) is 11.5. The number of hydrogen-bond acceptors (Lipinski definition) is 7. The average molecular weight is 339 g/mol. The molecule has 0 amide bonds. The smallest absolute Gasteiger partial charge is 0.233 e. The SMILES string of the molecule is C=NN(C)/C(C)=C(\C)c1csc2c(O)nc(-c3ccccn3)nc12. The van der Waals surface area contributed by atoms with Gasteiger partial charge < -0.3 is 5.11 Å². The monoisotopic (exact) mass is 339 g/mol. The van der Waals surface area contributed by atoms with Crippen LogP contribution in [-0.2, 0) is 0 Å². The van der Waals surface area contributed by atoms with Crippen molar-refractivity contribution in [2.24, 2.45) is 5.10 Å². The molecule has 0 aromatic carbocycles. The Hall–Kier alpha value is -2.80. The van der Waals surface area contributed by atoms with Crippen LogP contribution in [0.3, 0.4) is 0 Å². The second kappa shape index (κ2) is 6.37. The molecule has 0 radical (unpaired) electrons. The lowest BCUT2D eigenvalue weighted by molar-refractivity contribution is 0.453. The average Bonchev–Trinajstić information content (AvgIpc) is 3.05. The minimum atomic E-state index is -0.0300. The van der Waals surface area contributed by atoms with Crippen molar-refractivity contribution < 1.29 is 5.11 Å². The lowest BCUT2D eigenvalue weighted by atomic mass is 10.1. The molecule has 0 aliphatic carbocycles. The van der Waals surface area contributed by atoms with Crippen molar-refractivity contribution in [2.75, 3.05) is 7.05 Å². The van der Waals surface area contributed by atoms with E-state index in [0.29, 0.717) is 21.7 Å². The highest BCUT2D eigenvalue weighted by Crippen LogP contribution is 2.36. The van der Waals surface area contributed by atoms with Crippen LogP contribution >= 0.6 is 11.3 Å². The second-order valence-corrected chi connectivity index (χ2v) is 6.17. The number of aromatic nitrogens is 3.